The largest absolute Gasteiger partial charge is 0.358 e. The fourth-order valence-electron chi connectivity index (χ4n) is 3.13. The Labute approximate surface area is 159 Å². The van der Waals surface area contributed by atoms with Gasteiger partial charge in [0, 0.05) is 57.6 Å². The number of halogens is 1. The van der Waals surface area contributed by atoms with E-state index in [1.165, 1.54) is 17.7 Å². The summed E-state index contributed by atoms with van der Waals surface area (Å²) in [5, 5.41) is 8.63. The number of aromatic nitrogens is 2. The first kappa shape index (κ1) is 18.8. The van der Waals surface area contributed by atoms with E-state index in [2.05, 4.69) is 33.3 Å². The monoisotopic (exact) mass is 375 g/mol. The summed E-state index contributed by atoms with van der Waals surface area (Å²) in [6, 6.07) is 6.75. The van der Waals surface area contributed by atoms with Crippen molar-refractivity contribution in [1.29, 1.82) is 0 Å². The number of piperazine rings is 1. The Hall–Kier alpha value is -1.99. The topological polar surface area (TPSA) is 36.3 Å². The number of aryl methyl sites for hydroxylation is 2. The zero-order valence-electron chi connectivity index (χ0n) is 15.4. The van der Waals surface area contributed by atoms with Crippen LogP contribution in [-0.2, 0) is 19.6 Å². The molecule has 140 valence electrons. The molecule has 1 fully saturated rings. The van der Waals surface area contributed by atoms with E-state index in [0.717, 1.165) is 55.6 Å². The van der Waals surface area contributed by atoms with Crippen LogP contribution in [0.4, 0.5) is 4.39 Å². The van der Waals surface area contributed by atoms with E-state index in [1.54, 1.807) is 0 Å². The van der Waals surface area contributed by atoms with Crippen molar-refractivity contribution in [2.75, 3.05) is 26.2 Å². The second-order valence-electron chi connectivity index (χ2n) is 6.64. The summed E-state index contributed by atoms with van der Waals surface area (Å²) in [5.74, 6) is -0.185. The maximum absolute atomic E-state index is 13.0. The Bertz CT molecular complexity index is 735. The minimum absolute atomic E-state index is 0.185. The van der Waals surface area contributed by atoms with E-state index in [1.807, 2.05) is 23.7 Å². The molecule has 5 nitrogen and oxygen atoms in total. The molecule has 0 bridgehead atoms. The third-order valence-corrected chi connectivity index (χ3v) is 5.18. The van der Waals surface area contributed by atoms with Gasteiger partial charge in [0.25, 0.3) is 0 Å². The van der Waals surface area contributed by atoms with Crippen molar-refractivity contribution in [3.63, 3.8) is 0 Å². The Balaban J connectivity index is 1.44. The summed E-state index contributed by atoms with van der Waals surface area (Å²) < 4.78 is 14.9. The van der Waals surface area contributed by atoms with Gasteiger partial charge in [-0.3, -0.25) is 9.58 Å². The first-order chi connectivity index (χ1) is 12.5. The molecule has 0 aliphatic carbocycles. The van der Waals surface area contributed by atoms with Gasteiger partial charge >= 0.3 is 0 Å². The van der Waals surface area contributed by atoms with E-state index >= 15 is 0 Å². The normalized spacial score (nSPS) is 15.3. The fourth-order valence-corrected chi connectivity index (χ4v) is 3.39. The summed E-state index contributed by atoms with van der Waals surface area (Å²) in [4.78, 5) is 4.60. The van der Waals surface area contributed by atoms with E-state index in [0.29, 0.717) is 6.54 Å². The van der Waals surface area contributed by atoms with Crippen LogP contribution in [0.3, 0.4) is 0 Å². The molecule has 1 aromatic carbocycles. The number of nitrogens with one attached hydrogen (secondary N) is 1. The predicted molar refractivity (Wildman–Crippen MR) is 105 cm³/mol. The van der Waals surface area contributed by atoms with Crippen molar-refractivity contribution < 1.29 is 4.39 Å². The lowest BCUT2D eigenvalue weighted by molar-refractivity contribution is 0.174. The molecule has 26 heavy (non-hydrogen) atoms. The maximum atomic E-state index is 13.0. The van der Waals surface area contributed by atoms with Crippen LogP contribution in [0.15, 0.2) is 30.5 Å². The molecule has 1 aromatic heterocycles. The van der Waals surface area contributed by atoms with Crippen molar-refractivity contribution in [2.45, 2.75) is 33.5 Å². The molecule has 2 heterocycles. The van der Waals surface area contributed by atoms with Crippen molar-refractivity contribution in [2.24, 2.45) is 0 Å². The van der Waals surface area contributed by atoms with Gasteiger partial charge < -0.3 is 10.2 Å². The summed E-state index contributed by atoms with van der Waals surface area (Å²) in [6.07, 6.45) is 2.07. The Morgan fingerprint density at radius 3 is 2.50 bits per heavy atom. The van der Waals surface area contributed by atoms with Crippen molar-refractivity contribution >= 4 is 17.3 Å². The SMILES string of the molecule is CCn1cc(CNC(=S)N2CCN(Cc3ccc(F)cc3)CC2)c(C)n1. The van der Waals surface area contributed by atoms with Gasteiger partial charge in [-0.1, -0.05) is 12.1 Å². The molecule has 0 spiro atoms. The molecule has 1 saturated heterocycles. The molecular formula is C19H26FN5S. The lowest BCUT2D eigenvalue weighted by atomic mass is 10.2. The highest BCUT2D eigenvalue weighted by atomic mass is 32.1. The van der Waals surface area contributed by atoms with Gasteiger partial charge in [0.05, 0.1) is 5.69 Å². The van der Waals surface area contributed by atoms with E-state index in [9.17, 15) is 4.39 Å². The summed E-state index contributed by atoms with van der Waals surface area (Å²) in [7, 11) is 0. The quantitative estimate of drug-likeness (QED) is 0.813. The van der Waals surface area contributed by atoms with E-state index < -0.39 is 0 Å². The minimum atomic E-state index is -0.185. The predicted octanol–water partition coefficient (Wildman–Crippen LogP) is 2.54. The smallest absolute Gasteiger partial charge is 0.169 e. The summed E-state index contributed by atoms with van der Waals surface area (Å²) >= 11 is 5.56. The molecule has 0 saturated carbocycles. The van der Waals surface area contributed by atoms with Gasteiger partial charge in [0.2, 0.25) is 0 Å². The van der Waals surface area contributed by atoms with Gasteiger partial charge in [0.1, 0.15) is 5.82 Å². The fraction of sp³-hybridized carbons (Fsp3) is 0.474. The van der Waals surface area contributed by atoms with E-state index in [4.69, 9.17) is 12.2 Å². The van der Waals surface area contributed by atoms with Crippen LogP contribution in [0, 0.1) is 12.7 Å². The van der Waals surface area contributed by atoms with Crippen LogP contribution < -0.4 is 5.32 Å². The average Bonchev–Trinajstić information content (AvgIpc) is 3.02. The van der Waals surface area contributed by atoms with Gasteiger partial charge in [0.15, 0.2) is 5.11 Å². The minimum Gasteiger partial charge on any atom is -0.358 e. The molecular weight excluding hydrogens is 349 g/mol. The lowest BCUT2D eigenvalue weighted by Gasteiger charge is -2.36. The molecule has 1 aliphatic heterocycles. The Kier molecular flexibility index (Phi) is 6.21. The van der Waals surface area contributed by atoms with Crippen molar-refractivity contribution in [3.05, 3.63) is 53.1 Å². The molecule has 7 heteroatoms. The second kappa shape index (κ2) is 8.60. The maximum Gasteiger partial charge on any atom is 0.169 e. The summed E-state index contributed by atoms with van der Waals surface area (Å²) in [5.41, 5.74) is 3.37. The zero-order valence-corrected chi connectivity index (χ0v) is 16.2. The highest BCUT2D eigenvalue weighted by Crippen LogP contribution is 2.10. The first-order valence-corrected chi connectivity index (χ1v) is 9.48. The zero-order chi connectivity index (χ0) is 18.5. The van der Waals surface area contributed by atoms with Crippen molar-refractivity contribution in [3.8, 4) is 0 Å². The highest BCUT2D eigenvalue weighted by molar-refractivity contribution is 7.80. The number of nitrogens with zero attached hydrogens (tertiary/aromatic N) is 4. The van der Waals surface area contributed by atoms with Crippen LogP contribution in [0.2, 0.25) is 0 Å². The molecule has 2 aromatic rings. The van der Waals surface area contributed by atoms with Crippen molar-refractivity contribution in [1.82, 2.24) is 24.9 Å². The molecule has 0 radical (unpaired) electrons. The number of rotatable bonds is 5. The standard InChI is InChI=1S/C19H26FN5S/c1-3-25-14-17(15(2)22-25)12-21-19(26)24-10-8-23(9-11-24)13-16-4-6-18(20)7-5-16/h4-7,14H,3,8-13H2,1-2H3,(H,21,26). The number of thiocarbonyl (C=S) groups is 1. The first-order valence-electron chi connectivity index (χ1n) is 9.07. The number of benzene rings is 1. The van der Waals surface area contributed by atoms with Gasteiger partial charge in [-0.25, -0.2) is 4.39 Å². The van der Waals surface area contributed by atoms with Crippen LogP contribution in [-0.4, -0.2) is 50.9 Å². The molecule has 0 amide bonds. The van der Waals surface area contributed by atoms with Crippen LogP contribution >= 0.6 is 12.2 Å². The molecule has 0 atom stereocenters. The Morgan fingerprint density at radius 1 is 1.19 bits per heavy atom. The molecule has 1 aliphatic rings. The third kappa shape index (κ3) is 4.80. The third-order valence-electron chi connectivity index (χ3n) is 4.78. The van der Waals surface area contributed by atoms with Crippen LogP contribution in [0.1, 0.15) is 23.7 Å². The molecule has 1 N–H and O–H groups in total. The van der Waals surface area contributed by atoms with Crippen LogP contribution in [0.25, 0.3) is 0 Å². The number of hydrogen-bond donors (Lipinski definition) is 1. The molecule has 0 unspecified atom stereocenters. The van der Waals surface area contributed by atoms with Gasteiger partial charge in [-0.2, -0.15) is 5.10 Å². The summed E-state index contributed by atoms with van der Waals surface area (Å²) in [6.45, 7) is 10.3. The number of hydrogen-bond acceptors (Lipinski definition) is 3. The lowest BCUT2D eigenvalue weighted by Crippen LogP contribution is -2.51. The van der Waals surface area contributed by atoms with Crippen LogP contribution in [0.5, 0.6) is 0 Å². The van der Waals surface area contributed by atoms with Gasteiger partial charge in [-0.05, 0) is 43.8 Å². The Morgan fingerprint density at radius 2 is 1.88 bits per heavy atom. The highest BCUT2D eigenvalue weighted by Gasteiger charge is 2.19. The van der Waals surface area contributed by atoms with E-state index in [-0.39, 0.29) is 5.82 Å². The van der Waals surface area contributed by atoms with Gasteiger partial charge in [-0.15, -0.1) is 0 Å². The average molecular weight is 376 g/mol. The molecule has 3 rings (SSSR count). The second-order valence-corrected chi connectivity index (χ2v) is 7.03.